The standard InChI is InChI=1S/C27H21ClN2O4S/c1-17-6-12-23(13-7-17)35-24-15-20(30(32)33)14-22(16-24)34-21-10-8-19(9-11-21)27(31)29-26-5-3-4-25(28)18(26)2/h3-16H,1-2H3,(H,29,31). The van der Waals surface area contributed by atoms with Crippen LogP contribution in [0.15, 0.2) is 94.7 Å². The van der Waals surface area contributed by atoms with E-state index < -0.39 is 4.92 Å². The average molecular weight is 505 g/mol. The summed E-state index contributed by atoms with van der Waals surface area (Å²) >= 11 is 7.54. The molecule has 0 radical (unpaired) electrons. The number of halogens is 1. The molecule has 0 aliphatic carbocycles. The summed E-state index contributed by atoms with van der Waals surface area (Å²) in [4.78, 5) is 25.3. The molecule has 1 amide bonds. The van der Waals surface area contributed by atoms with Crippen molar-refractivity contribution in [1.82, 2.24) is 0 Å². The third-order valence-corrected chi connectivity index (χ3v) is 6.59. The Morgan fingerprint density at radius 1 is 0.914 bits per heavy atom. The maximum atomic E-state index is 12.6. The van der Waals surface area contributed by atoms with Crippen molar-refractivity contribution in [3.63, 3.8) is 0 Å². The number of carbonyl (C=O) groups excluding carboxylic acids is 1. The van der Waals surface area contributed by atoms with Gasteiger partial charge in [-0.05, 0) is 74.0 Å². The number of carbonyl (C=O) groups is 1. The minimum absolute atomic E-state index is 0.0648. The van der Waals surface area contributed by atoms with Gasteiger partial charge >= 0.3 is 0 Å². The third kappa shape index (κ3) is 6.20. The molecule has 4 aromatic carbocycles. The molecule has 0 unspecified atom stereocenters. The summed E-state index contributed by atoms with van der Waals surface area (Å²) in [5, 5.41) is 14.9. The van der Waals surface area contributed by atoms with Crippen LogP contribution in [0, 0.1) is 24.0 Å². The normalized spacial score (nSPS) is 10.6. The Morgan fingerprint density at radius 3 is 2.31 bits per heavy atom. The van der Waals surface area contributed by atoms with Gasteiger partial charge in [-0.25, -0.2) is 0 Å². The van der Waals surface area contributed by atoms with Crippen LogP contribution in [0.4, 0.5) is 11.4 Å². The Kier molecular flexibility index (Phi) is 7.39. The number of nitrogens with one attached hydrogen (secondary N) is 1. The number of hydrogen-bond donors (Lipinski definition) is 1. The number of anilines is 1. The lowest BCUT2D eigenvalue weighted by molar-refractivity contribution is -0.385. The van der Waals surface area contributed by atoms with Crippen LogP contribution in [0.1, 0.15) is 21.5 Å². The van der Waals surface area contributed by atoms with Gasteiger partial charge in [0.2, 0.25) is 0 Å². The summed E-state index contributed by atoms with van der Waals surface area (Å²) in [7, 11) is 0. The van der Waals surface area contributed by atoms with Gasteiger partial charge < -0.3 is 10.1 Å². The molecular weight excluding hydrogens is 484 g/mol. The maximum Gasteiger partial charge on any atom is 0.274 e. The fraction of sp³-hybridized carbons (Fsp3) is 0.0741. The Bertz CT molecular complexity index is 1390. The zero-order valence-electron chi connectivity index (χ0n) is 18.9. The van der Waals surface area contributed by atoms with E-state index in [1.54, 1.807) is 48.5 Å². The molecular formula is C27H21ClN2O4S. The van der Waals surface area contributed by atoms with Gasteiger partial charge in [-0.1, -0.05) is 47.1 Å². The SMILES string of the molecule is Cc1ccc(Sc2cc(Oc3ccc(C(=O)Nc4cccc(Cl)c4C)cc3)cc([N+](=O)[O-])c2)cc1. The molecule has 0 saturated heterocycles. The van der Waals surface area contributed by atoms with Crippen LogP contribution >= 0.6 is 23.4 Å². The van der Waals surface area contributed by atoms with Gasteiger partial charge in [0.05, 0.1) is 11.0 Å². The predicted molar refractivity (Wildman–Crippen MR) is 139 cm³/mol. The minimum atomic E-state index is -0.447. The van der Waals surface area contributed by atoms with E-state index in [-0.39, 0.29) is 11.6 Å². The van der Waals surface area contributed by atoms with E-state index in [4.69, 9.17) is 16.3 Å². The second-order valence-corrected chi connectivity index (χ2v) is 9.38. The van der Waals surface area contributed by atoms with Gasteiger partial charge in [0.1, 0.15) is 11.5 Å². The molecule has 0 aliphatic rings. The topological polar surface area (TPSA) is 81.5 Å². The first-order valence-corrected chi connectivity index (χ1v) is 11.9. The van der Waals surface area contributed by atoms with Gasteiger partial charge in [-0.2, -0.15) is 0 Å². The van der Waals surface area contributed by atoms with E-state index >= 15 is 0 Å². The number of aryl methyl sites for hydroxylation is 1. The number of nitrogens with zero attached hydrogens (tertiary/aromatic N) is 1. The highest BCUT2D eigenvalue weighted by Crippen LogP contribution is 2.35. The number of hydrogen-bond acceptors (Lipinski definition) is 5. The van der Waals surface area contributed by atoms with Gasteiger partial charge in [0.15, 0.2) is 0 Å². The molecule has 0 saturated carbocycles. The lowest BCUT2D eigenvalue weighted by atomic mass is 10.1. The predicted octanol–water partition coefficient (Wildman–Crippen LogP) is 8.06. The largest absolute Gasteiger partial charge is 0.457 e. The van der Waals surface area contributed by atoms with Crippen molar-refractivity contribution in [2.75, 3.05) is 5.32 Å². The number of benzene rings is 4. The molecule has 4 aromatic rings. The van der Waals surface area contributed by atoms with E-state index in [0.29, 0.717) is 32.7 Å². The van der Waals surface area contributed by atoms with E-state index in [2.05, 4.69) is 5.32 Å². The van der Waals surface area contributed by atoms with Crippen molar-refractivity contribution in [2.24, 2.45) is 0 Å². The van der Waals surface area contributed by atoms with Crippen LogP contribution in [0.25, 0.3) is 0 Å². The van der Waals surface area contributed by atoms with Crippen molar-refractivity contribution >= 4 is 40.6 Å². The molecule has 8 heteroatoms. The van der Waals surface area contributed by atoms with Crippen LogP contribution in [0.3, 0.4) is 0 Å². The molecule has 1 N–H and O–H groups in total. The highest BCUT2D eigenvalue weighted by atomic mass is 35.5. The number of nitro groups is 1. The van der Waals surface area contributed by atoms with Crippen LogP contribution in [-0.4, -0.2) is 10.8 Å². The Balaban J connectivity index is 1.50. The minimum Gasteiger partial charge on any atom is -0.457 e. The Morgan fingerprint density at radius 2 is 1.63 bits per heavy atom. The lowest BCUT2D eigenvalue weighted by Gasteiger charge is -2.11. The zero-order valence-corrected chi connectivity index (χ0v) is 20.5. The summed E-state index contributed by atoms with van der Waals surface area (Å²) in [6.07, 6.45) is 0. The van der Waals surface area contributed by atoms with E-state index in [9.17, 15) is 14.9 Å². The second kappa shape index (κ2) is 10.6. The van der Waals surface area contributed by atoms with Crippen LogP contribution in [0.2, 0.25) is 5.02 Å². The van der Waals surface area contributed by atoms with E-state index in [0.717, 1.165) is 16.0 Å². The van der Waals surface area contributed by atoms with Crippen molar-refractivity contribution in [1.29, 1.82) is 0 Å². The first kappa shape index (κ1) is 24.3. The lowest BCUT2D eigenvalue weighted by Crippen LogP contribution is -2.12. The number of rotatable bonds is 7. The van der Waals surface area contributed by atoms with Crippen molar-refractivity contribution in [2.45, 2.75) is 23.6 Å². The first-order chi connectivity index (χ1) is 16.8. The van der Waals surface area contributed by atoms with Crippen molar-refractivity contribution in [3.8, 4) is 11.5 Å². The monoisotopic (exact) mass is 504 g/mol. The van der Waals surface area contributed by atoms with Crippen LogP contribution in [0.5, 0.6) is 11.5 Å². The van der Waals surface area contributed by atoms with Gasteiger partial charge in [0, 0.05) is 32.1 Å². The van der Waals surface area contributed by atoms with Crippen molar-refractivity contribution in [3.05, 3.63) is 117 Å². The molecule has 6 nitrogen and oxygen atoms in total. The molecule has 35 heavy (non-hydrogen) atoms. The van der Waals surface area contributed by atoms with E-state index in [1.807, 2.05) is 38.1 Å². The summed E-state index contributed by atoms with van der Waals surface area (Å²) in [5.74, 6) is 0.502. The molecule has 0 aliphatic heterocycles. The highest BCUT2D eigenvalue weighted by molar-refractivity contribution is 7.99. The molecule has 4 rings (SSSR count). The average Bonchev–Trinajstić information content (AvgIpc) is 2.84. The smallest absolute Gasteiger partial charge is 0.274 e. The van der Waals surface area contributed by atoms with Gasteiger partial charge in [-0.3, -0.25) is 14.9 Å². The summed E-state index contributed by atoms with van der Waals surface area (Å²) in [6, 6.07) is 24.4. The van der Waals surface area contributed by atoms with Crippen LogP contribution in [-0.2, 0) is 0 Å². The fourth-order valence-corrected chi connectivity index (χ4v) is 4.34. The number of nitro benzene ring substituents is 1. The number of ether oxygens (including phenoxy) is 1. The molecule has 0 atom stereocenters. The van der Waals surface area contributed by atoms with E-state index in [1.165, 1.54) is 23.9 Å². The van der Waals surface area contributed by atoms with Crippen molar-refractivity contribution < 1.29 is 14.5 Å². The maximum absolute atomic E-state index is 12.6. The second-order valence-electron chi connectivity index (χ2n) is 7.83. The molecule has 0 fully saturated rings. The highest BCUT2D eigenvalue weighted by Gasteiger charge is 2.14. The van der Waals surface area contributed by atoms with Gasteiger partial charge in [0.25, 0.3) is 11.6 Å². The van der Waals surface area contributed by atoms with Crippen LogP contribution < -0.4 is 10.1 Å². The summed E-state index contributed by atoms with van der Waals surface area (Å²) in [5.41, 5.74) is 2.93. The number of non-ortho nitro benzene ring substituents is 1. The quantitative estimate of drug-likeness (QED) is 0.203. The summed E-state index contributed by atoms with van der Waals surface area (Å²) in [6.45, 7) is 3.83. The Labute approximate surface area is 212 Å². The zero-order chi connectivity index (χ0) is 24.9. The molecule has 0 heterocycles. The molecule has 0 bridgehead atoms. The fourth-order valence-electron chi connectivity index (χ4n) is 3.27. The number of amides is 1. The first-order valence-electron chi connectivity index (χ1n) is 10.7. The van der Waals surface area contributed by atoms with Gasteiger partial charge in [-0.15, -0.1) is 0 Å². The molecule has 0 spiro atoms. The Hall–Kier alpha value is -3.81. The molecule has 0 aromatic heterocycles. The third-order valence-electron chi connectivity index (χ3n) is 5.20. The molecule has 176 valence electrons. The summed E-state index contributed by atoms with van der Waals surface area (Å²) < 4.78 is 5.89.